The summed E-state index contributed by atoms with van der Waals surface area (Å²) in [6, 6.07) is 3.43. The monoisotopic (exact) mass is 265 g/mol. The largest absolute Gasteiger partial charge is 0.370 e. The lowest BCUT2D eigenvalue weighted by atomic mass is 10.1. The number of hydroxylamine groups is 2. The number of aromatic nitrogens is 1. The molecule has 0 amide bonds. The number of H-pyrrole nitrogens is 1. The predicted octanol–water partition coefficient (Wildman–Crippen LogP) is 0.345. The van der Waals surface area contributed by atoms with Crippen LogP contribution in [-0.2, 0) is 0 Å². The molecule has 5 N–H and O–H groups in total. The number of guanidine groups is 1. The van der Waals surface area contributed by atoms with E-state index < -0.39 is 0 Å². The van der Waals surface area contributed by atoms with Crippen LogP contribution in [0, 0.1) is 0 Å². The van der Waals surface area contributed by atoms with Crippen LogP contribution in [-0.4, -0.2) is 40.3 Å². The summed E-state index contributed by atoms with van der Waals surface area (Å²) in [6.07, 6.45) is 4.07. The van der Waals surface area contributed by atoms with Crippen LogP contribution in [0.1, 0.15) is 19.3 Å². The molecule has 0 bridgehead atoms. The molecule has 1 saturated heterocycles. The summed E-state index contributed by atoms with van der Waals surface area (Å²) in [5.41, 5.74) is 5.94. The molecule has 1 aliphatic heterocycles. The van der Waals surface area contributed by atoms with Crippen molar-refractivity contribution >= 4 is 11.6 Å². The van der Waals surface area contributed by atoms with E-state index in [-0.39, 0.29) is 17.6 Å². The van der Waals surface area contributed by atoms with Gasteiger partial charge in [-0.15, -0.1) is 0 Å². The normalized spacial score (nSPS) is 21.9. The van der Waals surface area contributed by atoms with E-state index in [4.69, 9.17) is 5.73 Å². The van der Waals surface area contributed by atoms with Crippen LogP contribution in [0.15, 0.2) is 28.1 Å². The molecular weight excluding hydrogens is 246 g/mol. The molecule has 0 aromatic carbocycles. The average molecular weight is 265 g/mol. The van der Waals surface area contributed by atoms with Crippen LogP contribution in [0.3, 0.4) is 0 Å². The van der Waals surface area contributed by atoms with Gasteiger partial charge in [-0.05, 0) is 31.4 Å². The highest BCUT2D eigenvalue weighted by molar-refractivity contribution is 5.92. The lowest BCUT2D eigenvalue weighted by molar-refractivity contribution is -0.0875. The molecule has 0 aliphatic carbocycles. The van der Waals surface area contributed by atoms with E-state index in [2.05, 4.69) is 15.3 Å². The van der Waals surface area contributed by atoms with Crippen LogP contribution in [0.2, 0.25) is 0 Å². The molecule has 1 aromatic heterocycles. The van der Waals surface area contributed by atoms with Crippen molar-refractivity contribution in [3.8, 4) is 0 Å². The summed E-state index contributed by atoms with van der Waals surface area (Å²) in [5, 5.41) is 13.5. The topological polar surface area (TPSA) is 107 Å². The summed E-state index contributed by atoms with van der Waals surface area (Å²) >= 11 is 0. The maximum atomic E-state index is 11.5. The molecule has 1 fully saturated rings. The number of aromatic amines is 1. The second-order valence-electron chi connectivity index (χ2n) is 4.59. The van der Waals surface area contributed by atoms with Crippen LogP contribution >= 0.6 is 0 Å². The van der Waals surface area contributed by atoms with Crippen molar-refractivity contribution < 1.29 is 5.21 Å². The minimum Gasteiger partial charge on any atom is -0.370 e. The molecule has 104 valence electrons. The van der Waals surface area contributed by atoms with Crippen LogP contribution in [0.25, 0.3) is 0 Å². The Morgan fingerprint density at radius 2 is 2.37 bits per heavy atom. The summed E-state index contributed by atoms with van der Waals surface area (Å²) in [7, 11) is 0. The number of nitrogens with zero attached hydrogens (tertiary/aromatic N) is 2. The van der Waals surface area contributed by atoms with Crippen molar-refractivity contribution in [3.05, 3.63) is 28.7 Å². The highest BCUT2D eigenvalue weighted by Gasteiger charge is 2.15. The SMILES string of the molecule is NC(=NC1CCCN(O)CC1)Nc1ccc[nH]c1=O. The molecule has 1 unspecified atom stereocenters. The number of nitrogens with one attached hydrogen (secondary N) is 2. The zero-order valence-corrected chi connectivity index (χ0v) is 10.7. The minimum atomic E-state index is -0.233. The van der Waals surface area contributed by atoms with Crippen molar-refractivity contribution in [2.24, 2.45) is 10.7 Å². The Bertz CT molecular complexity index is 499. The van der Waals surface area contributed by atoms with Gasteiger partial charge in [0, 0.05) is 19.3 Å². The molecule has 2 heterocycles. The highest BCUT2D eigenvalue weighted by atomic mass is 16.5. The number of rotatable bonds is 2. The highest BCUT2D eigenvalue weighted by Crippen LogP contribution is 2.12. The third-order valence-electron chi connectivity index (χ3n) is 3.08. The van der Waals surface area contributed by atoms with Crippen molar-refractivity contribution in [1.29, 1.82) is 0 Å². The molecule has 2 rings (SSSR count). The van der Waals surface area contributed by atoms with Gasteiger partial charge >= 0.3 is 0 Å². The van der Waals surface area contributed by atoms with Crippen LogP contribution in [0.4, 0.5) is 5.69 Å². The fourth-order valence-electron chi connectivity index (χ4n) is 2.08. The van der Waals surface area contributed by atoms with Gasteiger partial charge in [0.15, 0.2) is 5.96 Å². The van der Waals surface area contributed by atoms with Gasteiger partial charge in [0.1, 0.15) is 5.69 Å². The molecule has 7 heteroatoms. The van der Waals surface area contributed by atoms with E-state index in [9.17, 15) is 10.0 Å². The summed E-state index contributed by atoms with van der Waals surface area (Å²) in [4.78, 5) is 18.4. The van der Waals surface area contributed by atoms with Crippen molar-refractivity contribution in [3.63, 3.8) is 0 Å². The summed E-state index contributed by atoms with van der Waals surface area (Å²) in [6.45, 7) is 1.26. The van der Waals surface area contributed by atoms with E-state index in [0.717, 1.165) is 19.3 Å². The minimum absolute atomic E-state index is 0.0763. The van der Waals surface area contributed by atoms with E-state index >= 15 is 0 Å². The molecule has 1 aliphatic rings. The number of anilines is 1. The van der Waals surface area contributed by atoms with Gasteiger partial charge in [-0.25, -0.2) is 4.99 Å². The van der Waals surface area contributed by atoms with Gasteiger partial charge in [0.25, 0.3) is 5.56 Å². The first-order chi connectivity index (χ1) is 9.15. The van der Waals surface area contributed by atoms with E-state index in [1.54, 1.807) is 18.3 Å². The van der Waals surface area contributed by atoms with Gasteiger partial charge in [-0.2, -0.15) is 5.06 Å². The zero-order chi connectivity index (χ0) is 13.7. The van der Waals surface area contributed by atoms with Gasteiger partial charge < -0.3 is 21.2 Å². The van der Waals surface area contributed by atoms with Gasteiger partial charge in [-0.3, -0.25) is 4.79 Å². The first kappa shape index (κ1) is 13.6. The van der Waals surface area contributed by atoms with Crippen molar-refractivity contribution in [1.82, 2.24) is 10.0 Å². The first-order valence-corrected chi connectivity index (χ1v) is 6.37. The molecule has 7 nitrogen and oxygen atoms in total. The van der Waals surface area contributed by atoms with Crippen molar-refractivity contribution in [2.45, 2.75) is 25.3 Å². The summed E-state index contributed by atoms with van der Waals surface area (Å²) < 4.78 is 0. The Hall–Kier alpha value is -1.86. The summed E-state index contributed by atoms with van der Waals surface area (Å²) in [5.74, 6) is 0.230. The number of pyridine rings is 1. The molecule has 19 heavy (non-hydrogen) atoms. The Morgan fingerprint density at radius 3 is 3.16 bits per heavy atom. The first-order valence-electron chi connectivity index (χ1n) is 6.37. The predicted molar refractivity (Wildman–Crippen MR) is 73.3 cm³/mol. The average Bonchev–Trinajstić information content (AvgIpc) is 2.57. The third-order valence-corrected chi connectivity index (χ3v) is 3.08. The third kappa shape index (κ3) is 4.08. The van der Waals surface area contributed by atoms with Gasteiger partial charge in [0.2, 0.25) is 0 Å². The molecule has 0 saturated carbocycles. The number of aliphatic imine (C=N–C) groups is 1. The second kappa shape index (κ2) is 6.35. The fraction of sp³-hybridized carbons (Fsp3) is 0.500. The van der Waals surface area contributed by atoms with Crippen LogP contribution in [0.5, 0.6) is 0 Å². The van der Waals surface area contributed by atoms with E-state index in [1.165, 1.54) is 5.06 Å². The Labute approximate surface area is 111 Å². The van der Waals surface area contributed by atoms with E-state index in [0.29, 0.717) is 18.8 Å². The smallest absolute Gasteiger partial charge is 0.271 e. The number of hydrogen-bond acceptors (Lipinski definition) is 4. The molecule has 0 spiro atoms. The Morgan fingerprint density at radius 1 is 1.53 bits per heavy atom. The Kier molecular flexibility index (Phi) is 4.53. The van der Waals surface area contributed by atoms with Crippen molar-refractivity contribution in [2.75, 3.05) is 18.4 Å². The maximum absolute atomic E-state index is 11.5. The lowest BCUT2D eigenvalue weighted by Crippen LogP contribution is -2.28. The maximum Gasteiger partial charge on any atom is 0.271 e. The molecule has 1 aromatic rings. The molecular formula is C12H19N5O2. The molecule has 1 atom stereocenters. The van der Waals surface area contributed by atoms with E-state index in [1.807, 2.05) is 0 Å². The van der Waals surface area contributed by atoms with Gasteiger partial charge in [-0.1, -0.05) is 0 Å². The number of nitrogens with two attached hydrogens (primary N) is 1. The second-order valence-corrected chi connectivity index (χ2v) is 4.59. The molecule has 0 radical (unpaired) electrons. The van der Waals surface area contributed by atoms with Crippen LogP contribution < -0.4 is 16.6 Å². The number of hydrogen-bond donors (Lipinski definition) is 4. The van der Waals surface area contributed by atoms with Gasteiger partial charge in [0.05, 0.1) is 6.04 Å². The quantitative estimate of drug-likeness (QED) is 0.456. The lowest BCUT2D eigenvalue weighted by Gasteiger charge is -2.11. The zero-order valence-electron chi connectivity index (χ0n) is 10.7. The standard InChI is InChI=1S/C12H19N5O2/c13-12(16-10-4-1-6-14-11(10)18)15-9-3-2-7-17(19)8-5-9/h1,4,6,9,19H,2-3,5,7-8H2,(H,14,18)(H3,13,15,16). The fourth-order valence-corrected chi connectivity index (χ4v) is 2.08. The Balaban J connectivity index is 1.99.